The monoisotopic (exact) mass is 2190 g/mol. The van der Waals surface area contributed by atoms with E-state index < -0.39 is 0 Å². The van der Waals surface area contributed by atoms with Gasteiger partial charge >= 0.3 is 0 Å². The van der Waals surface area contributed by atoms with Crippen LogP contribution in [0.15, 0.2) is 127 Å². The fourth-order valence-electron chi connectivity index (χ4n) is 25.1. The van der Waals surface area contributed by atoms with Gasteiger partial charge in [0.1, 0.15) is 0 Å². The number of benzene rings is 15. The van der Waals surface area contributed by atoms with Crippen LogP contribution in [-0.4, -0.2) is 37.0 Å². The maximum Gasteiger partial charge on any atom is 0.0571 e. The number of hydrogen-bond donors (Lipinski definition) is 0. The van der Waals surface area contributed by atoms with E-state index in [1.54, 1.807) is 64.1 Å². The van der Waals surface area contributed by atoms with E-state index in [0.29, 0.717) is 0 Å². The summed E-state index contributed by atoms with van der Waals surface area (Å²) < 4.78 is 0. The number of hydrogen-bond acceptors (Lipinski definition) is 0. The van der Waals surface area contributed by atoms with E-state index in [1.165, 1.54) is 528 Å². The van der Waals surface area contributed by atoms with Crippen molar-refractivity contribution in [3.8, 4) is 23.7 Å². The minimum atomic E-state index is 0. The Morgan fingerprint density at radius 1 is 0.163 bits per heavy atom. The number of unbranched alkanes of at least 4 members (excludes halogenated alkanes) is 51. The molecule has 15 aromatic rings. The van der Waals surface area contributed by atoms with E-state index in [-0.39, 0.29) is 36.9 Å². The summed E-state index contributed by atoms with van der Waals surface area (Å²) in [6, 6.07) is 50.3. The molecule has 0 atom stereocenters. The molecule has 0 spiro atoms. The van der Waals surface area contributed by atoms with Gasteiger partial charge < -0.3 is 0 Å². The second-order valence-electron chi connectivity index (χ2n) is 45.8. The molecule has 15 rings (SSSR count). The molecule has 0 heterocycles. The molecule has 3 heteroatoms. The Morgan fingerprint density at radius 2 is 0.320 bits per heavy atom. The Kier molecular flexibility index (Phi) is 56.6. The first-order chi connectivity index (χ1) is 72.1. The van der Waals surface area contributed by atoms with Gasteiger partial charge in [-0.25, -0.2) is 0 Å². The van der Waals surface area contributed by atoms with Gasteiger partial charge in [-0.1, -0.05) is 506 Å². The van der Waals surface area contributed by atoms with Crippen molar-refractivity contribution in [2.45, 2.75) is 506 Å². The quantitative estimate of drug-likeness (QED) is 0.0117. The molecule has 0 aliphatic heterocycles. The van der Waals surface area contributed by atoms with E-state index in [0.717, 1.165) is 54.4 Å². The van der Waals surface area contributed by atoms with Crippen molar-refractivity contribution < 1.29 is 21.1 Å². The van der Waals surface area contributed by atoms with E-state index >= 15 is 0 Å². The van der Waals surface area contributed by atoms with Gasteiger partial charge in [-0.3, -0.25) is 0 Å². The molecule has 0 aliphatic rings. The molecule has 0 unspecified atom stereocenters. The van der Waals surface area contributed by atoms with Crippen molar-refractivity contribution in [1.29, 1.82) is 0 Å². The maximum atomic E-state index is 7.93. The molecule has 0 fully saturated rings. The predicted octanol–water partition coefficient (Wildman–Crippen LogP) is 46.6. The first kappa shape index (κ1) is 120. The predicted molar refractivity (Wildman–Crippen MR) is 668 cm³/mol. The van der Waals surface area contributed by atoms with Gasteiger partial charge in [0.15, 0.2) is 0 Å². The fourth-order valence-corrected chi connectivity index (χ4v) is 31.7. The Labute approximate surface area is 916 Å². The van der Waals surface area contributed by atoms with Crippen molar-refractivity contribution in [3.05, 3.63) is 190 Å². The SMILES string of the molecule is CCCC[PH+](CCCC)CCCC.CCCC[PH+](CCCC)CCCC.[C]#Cc1ccc(C#Cc2cc3c4cc(CCCCCCCCCCCC)cc5c6cc(CCCCCCCCCCCC)cc7c8cc(CCCCCCCCCCCC)cc9c%10cc(CCCCCCCCCCCC)cc%11c%12cc(CCCCCCCCCCCC)cc%13c(c2)c3c2c(c45)c(c67)c(c89)c(c%11%10)c2c%13%12)cc1.[C]#Cc1ccccc1.[Pt]. The van der Waals surface area contributed by atoms with Crippen LogP contribution in [0.2, 0.25) is 0 Å². The van der Waals surface area contributed by atoms with Crippen LogP contribution in [0.4, 0.5) is 0 Å². The second-order valence-corrected chi connectivity index (χ2v) is 51.8. The standard InChI is InChI=1S/C112H141.2C12H27P.C8H5.Pt/c1-7-13-18-23-28-33-38-43-48-53-58-83-69-89-91-71-84(59-54-49-44-39-34-29-24-19-14-8-2)73-93-95-75-86(61-56-51-46-41-36-31-26-21-16-10-4)77-97-99-79-88(68-67-82-65-63-81(12-6)64-66-82)80-100-98-78-87(62-57-52-47-42-37-32-27-22-17-11-5)76-96-94-74-85(60-55-50-45-40-35-30-25-20-15-9-3)72-92-90(70-83)101(89)107-108(102(91)93)110(104(95)97)112(106(99)100)111(105(96)98)109(107)103(92)94;2*1-4-7-10-13(11-8-5-2)12-9-6-3;1-2-8-6-4-3-5-7-8;/h63-66,69-80H,7-11,13-62H2,1-5H3;2*4-12H2,1-3H3;3-7H;/p+2. The third-order valence-corrected chi connectivity index (χ3v) is 39.9. The molecule has 0 N–H and O–H groups in total. The first-order valence-electron chi connectivity index (χ1n) is 62.6. The zero-order valence-corrected chi connectivity index (χ0v) is 99.8. The van der Waals surface area contributed by atoms with E-state index in [2.05, 4.69) is 185 Å². The van der Waals surface area contributed by atoms with Crippen LogP contribution in [0, 0.1) is 36.5 Å². The smallest absolute Gasteiger partial charge is 0.0571 e. The van der Waals surface area contributed by atoms with Crippen LogP contribution in [0.25, 0.3) is 129 Å². The van der Waals surface area contributed by atoms with Crippen molar-refractivity contribution >= 4 is 145 Å². The maximum absolute atomic E-state index is 7.93. The van der Waals surface area contributed by atoms with Gasteiger partial charge in [-0.15, -0.1) is 0 Å². The summed E-state index contributed by atoms with van der Waals surface area (Å²) in [5.74, 6) is 12.5. The molecular weight excluding hydrogens is 1990 g/mol. The van der Waals surface area contributed by atoms with E-state index in [1.807, 2.05) is 42.5 Å². The molecule has 147 heavy (non-hydrogen) atoms. The minimum Gasteiger partial charge on any atom is -0.0654 e. The molecule has 0 saturated heterocycles. The third-order valence-electron chi connectivity index (χ3n) is 33.6. The number of rotatable bonds is 73. The minimum absolute atomic E-state index is 0. The van der Waals surface area contributed by atoms with Gasteiger partial charge in [0.05, 0.1) is 37.0 Å². The summed E-state index contributed by atoms with van der Waals surface area (Å²) >= 11 is 0. The number of fused-ring (bicyclic) bond motifs is 6. The summed E-state index contributed by atoms with van der Waals surface area (Å²) in [7, 11) is 0.135. The average molecular weight is 2190 g/mol. The van der Waals surface area contributed by atoms with Crippen LogP contribution in [-0.2, 0) is 53.2 Å². The summed E-state index contributed by atoms with van der Waals surface area (Å²) in [4.78, 5) is 0. The topological polar surface area (TPSA) is 0 Å². The Hall–Kier alpha value is -6.79. The zero-order valence-electron chi connectivity index (χ0n) is 95.6. The van der Waals surface area contributed by atoms with Gasteiger partial charge in [0.25, 0.3) is 0 Å². The van der Waals surface area contributed by atoms with Crippen molar-refractivity contribution in [2.75, 3.05) is 37.0 Å². The normalized spacial score (nSPS) is 11.9. The third kappa shape index (κ3) is 35.4. The summed E-state index contributed by atoms with van der Waals surface area (Å²) in [6.07, 6.45) is 115. The first-order valence-corrected chi connectivity index (χ1v) is 66.8. The Bertz CT molecular complexity index is 5920. The second kappa shape index (κ2) is 69.1. The molecule has 0 bridgehead atoms. The van der Waals surface area contributed by atoms with Crippen LogP contribution in [0.5, 0.6) is 0 Å². The molecule has 2 radical (unpaired) electrons. The molecule has 796 valence electrons. The van der Waals surface area contributed by atoms with Gasteiger partial charge in [-0.2, -0.15) is 0 Å². The fraction of sp³-hybridized carbons (Fsp3) is 0.583. The summed E-state index contributed by atoms with van der Waals surface area (Å²) in [5, 5.41) is 35.9. The number of aryl methyl sites for hydroxylation is 5. The summed E-state index contributed by atoms with van der Waals surface area (Å²) in [5.41, 5.74) is 11.3. The Balaban J connectivity index is 0.000000498. The van der Waals surface area contributed by atoms with Crippen molar-refractivity contribution in [2.24, 2.45) is 0 Å². The van der Waals surface area contributed by atoms with E-state index in [4.69, 9.17) is 12.8 Å². The molecule has 0 amide bonds. The molecule has 0 saturated carbocycles. The molecule has 0 nitrogen and oxygen atoms in total. The van der Waals surface area contributed by atoms with Crippen LogP contribution in [0.3, 0.4) is 0 Å². The van der Waals surface area contributed by atoms with Crippen LogP contribution >= 0.6 is 15.8 Å². The largest absolute Gasteiger partial charge is 0.0654 e. The van der Waals surface area contributed by atoms with Gasteiger partial charge in [0, 0.05) is 59.2 Å². The molecular formula is C144H202P2Pt+2. The molecule has 0 aromatic heterocycles. The van der Waals surface area contributed by atoms with Gasteiger partial charge in [0.2, 0.25) is 0 Å². The molecule has 15 aromatic carbocycles. The van der Waals surface area contributed by atoms with Gasteiger partial charge in [-0.05, 0) is 321 Å². The van der Waals surface area contributed by atoms with Crippen molar-refractivity contribution in [3.63, 3.8) is 0 Å². The van der Waals surface area contributed by atoms with Crippen molar-refractivity contribution in [1.82, 2.24) is 0 Å². The summed E-state index contributed by atoms with van der Waals surface area (Å²) in [6.45, 7) is 25.6. The molecule has 0 aliphatic carbocycles. The zero-order chi connectivity index (χ0) is 103. The van der Waals surface area contributed by atoms with E-state index in [9.17, 15) is 0 Å². The van der Waals surface area contributed by atoms with Crippen LogP contribution < -0.4 is 0 Å². The Morgan fingerprint density at radius 3 is 0.497 bits per heavy atom. The van der Waals surface area contributed by atoms with Crippen LogP contribution in [0.1, 0.15) is 524 Å². The average Bonchev–Trinajstić information content (AvgIpc) is 0.640.